The Balaban J connectivity index is 2.79. The maximum atomic E-state index is 11.9. The second kappa shape index (κ2) is 5.88. The minimum Gasteiger partial charge on any atom is -0.475 e. The Morgan fingerprint density at radius 2 is 1.90 bits per heavy atom. The van der Waals surface area contributed by atoms with Crippen molar-refractivity contribution in [3.8, 4) is 0 Å². The van der Waals surface area contributed by atoms with Crippen LogP contribution in [-0.2, 0) is 25.1 Å². The fraction of sp³-hybridized carbons (Fsp3) is 0.538. The number of aryl methyl sites for hydroxylation is 1. The summed E-state index contributed by atoms with van der Waals surface area (Å²) in [6.07, 6.45) is 0. The SMILES string of the molecule is Cc1cc(CS(=O)(=O)CC(=O)OC(C)(C)C)oc1C(=O)O. The fourth-order valence-corrected chi connectivity index (χ4v) is 2.75. The van der Waals surface area contributed by atoms with Gasteiger partial charge in [0, 0.05) is 5.56 Å². The van der Waals surface area contributed by atoms with E-state index in [1.807, 2.05) is 0 Å². The average Bonchev–Trinajstić information content (AvgIpc) is 2.53. The highest BCUT2D eigenvalue weighted by atomic mass is 32.2. The number of aromatic carboxylic acids is 1. The molecule has 0 bridgehead atoms. The minimum absolute atomic E-state index is 0.0199. The molecule has 0 saturated carbocycles. The number of ether oxygens (including phenoxy) is 1. The molecular weight excluding hydrogens is 300 g/mol. The molecule has 0 unspecified atom stereocenters. The van der Waals surface area contributed by atoms with Gasteiger partial charge < -0.3 is 14.3 Å². The number of carboxylic acids is 1. The first-order valence-corrected chi connectivity index (χ1v) is 7.96. The molecule has 0 radical (unpaired) electrons. The molecule has 0 aliphatic carbocycles. The van der Waals surface area contributed by atoms with Crippen molar-refractivity contribution in [2.75, 3.05) is 5.75 Å². The van der Waals surface area contributed by atoms with Crippen molar-refractivity contribution in [2.24, 2.45) is 0 Å². The van der Waals surface area contributed by atoms with Crippen LogP contribution in [0.2, 0.25) is 0 Å². The Bertz CT molecular complexity index is 647. The number of sulfone groups is 1. The van der Waals surface area contributed by atoms with Gasteiger partial charge in [-0.05, 0) is 33.8 Å². The van der Waals surface area contributed by atoms with Crippen LogP contribution in [-0.4, -0.2) is 36.8 Å². The van der Waals surface area contributed by atoms with Gasteiger partial charge in [0.25, 0.3) is 0 Å². The summed E-state index contributed by atoms with van der Waals surface area (Å²) in [5.74, 6) is -3.80. The van der Waals surface area contributed by atoms with E-state index in [0.29, 0.717) is 5.56 Å². The molecule has 21 heavy (non-hydrogen) atoms. The minimum atomic E-state index is -3.80. The molecule has 0 fully saturated rings. The third-order valence-electron chi connectivity index (χ3n) is 2.28. The van der Waals surface area contributed by atoms with Crippen molar-refractivity contribution in [1.82, 2.24) is 0 Å². The summed E-state index contributed by atoms with van der Waals surface area (Å²) in [4.78, 5) is 22.3. The lowest BCUT2D eigenvalue weighted by atomic mass is 10.2. The van der Waals surface area contributed by atoms with Crippen LogP contribution in [0.5, 0.6) is 0 Å². The first-order chi connectivity index (χ1) is 9.39. The predicted molar refractivity (Wildman–Crippen MR) is 73.7 cm³/mol. The van der Waals surface area contributed by atoms with E-state index in [2.05, 4.69) is 0 Å². The normalized spacial score (nSPS) is 12.2. The van der Waals surface area contributed by atoms with Gasteiger partial charge >= 0.3 is 11.9 Å². The summed E-state index contributed by atoms with van der Waals surface area (Å²) in [6.45, 7) is 6.39. The highest BCUT2D eigenvalue weighted by Gasteiger charge is 2.25. The highest BCUT2D eigenvalue weighted by Crippen LogP contribution is 2.17. The maximum Gasteiger partial charge on any atom is 0.372 e. The molecule has 0 aromatic carbocycles. The summed E-state index contributed by atoms with van der Waals surface area (Å²) >= 11 is 0. The number of hydrogen-bond acceptors (Lipinski definition) is 6. The Morgan fingerprint density at radius 3 is 2.33 bits per heavy atom. The molecule has 8 heteroatoms. The van der Waals surface area contributed by atoms with Crippen molar-refractivity contribution in [2.45, 2.75) is 39.0 Å². The molecule has 7 nitrogen and oxygen atoms in total. The number of rotatable bonds is 5. The van der Waals surface area contributed by atoms with E-state index in [9.17, 15) is 18.0 Å². The number of hydrogen-bond donors (Lipinski definition) is 1. The molecule has 0 spiro atoms. The lowest BCUT2D eigenvalue weighted by Gasteiger charge is -2.19. The third kappa shape index (κ3) is 5.58. The number of carboxylic acid groups (broad SMARTS) is 1. The zero-order valence-electron chi connectivity index (χ0n) is 12.3. The van der Waals surface area contributed by atoms with Gasteiger partial charge in [0.15, 0.2) is 9.84 Å². The Kier molecular flexibility index (Phi) is 4.83. The van der Waals surface area contributed by atoms with E-state index in [1.54, 1.807) is 20.8 Å². The van der Waals surface area contributed by atoms with Crippen molar-refractivity contribution in [3.05, 3.63) is 23.2 Å². The maximum absolute atomic E-state index is 11.9. The molecule has 0 aliphatic heterocycles. The Morgan fingerprint density at radius 1 is 1.33 bits per heavy atom. The zero-order valence-corrected chi connectivity index (χ0v) is 13.1. The van der Waals surface area contributed by atoms with Crippen molar-refractivity contribution in [1.29, 1.82) is 0 Å². The number of furan rings is 1. The molecule has 118 valence electrons. The number of carbonyl (C=O) groups is 2. The van der Waals surface area contributed by atoms with Crippen LogP contribution < -0.4 is 0 Å². The summed E-state index contributed by atoms with van der Waals surface area (Å²) in [6, 6.07) is 1.33. The van der Waals surface area contributed by atoms with Gasteiger partial charge in [0.05, 0.1) is 0 Å². The molecule has 1 rings (SSSR count). The standard InChI is InChI=1S/C13H18O7S/c1-8-5-9(19-11(8)12(15)16)6-21(17,18)7-10(14)20-13(2,3)4/h5H,6-7H2,1-4H3,(H,15,16). The molecule has 1 heterocycles. The van der Waals surface area contributed by atoms with Crippen LogP contribution >= 0.6 is 0 Å². The van der Waals surface area contributed by atoms with Crippen LogP contribution in [0.25, 0.3) is 0 Å². The lowest BCUT2D eigenvalue weighted by Crippen LogP contribution is -2.28. The molecule has 0 amide bonds. The van der Waals surface area contributed by atoms with Gasteiger partial charge in [0.1, 0.15) is 22.9 Å². The molecule has 0 atom stereocenters. The number of esters is 1. The van der Waals surface area contributed by atoms with Gasteiger partial charge in [0.2, 0.25) is 5.76 Å². The molecule has 0 aliphatic rings. The summed E-state index contributed by atoms with van der Waals surface area (Å²) < 4.78 is 33.7. The lowest BCUT2D eigenvalue weighted by molar-refractivity contribution is -0.151. The number of carbonyl (C=O) groups excluding carboxylic acids is 1. The summed E-state index contributed by atoms with van der Waals surface area (Å²) in [5, 5.41) is 8.83. The van der Waals surface area contributed by atoms with E-state index in [1.165, 1.54) is 13.0 Å². The second-order valence-corrected chi connectivity index (χ2v) is 7.71. The van der Waals surface area contributed by atoms with Crippen molar-refractivity contribution < 1.29 is 32.3 Å². The fourth-order valence-electron chi connectivity index (χ4n) is 1.65. The topological polar surface area (TPSA) is 111 Å². The molecule has 0 saturated heterocycles. The first kappa shape index (κ1) is 17.2. The molecule has 1 aromatic rings. The van der Waals surface area contributed by atoms with Crippen molar-refractivity contribution in [3.63, 3.8) is 0 Å². The third-order valence-corrected chi connectivity index (χ3v) is 3.68. The Labute approximate surface area is 122 Å². The first-order valence-electron chi connectivity index (χ1n) is 6.14. The van der Waals surface area contributed by atoms with Crippen LogP contribution in [0.15, 0.2) is 10.5 Å². The Hall–Kier alpha value is -1.83. The largest absolute Gasteiger partial charge is 0.475 e. The van der Waals surface area contributed by atoms with E-state index in [-0.39, 0.29) is 11.5 Å². The van der Waals surface area contributed by atoms with Gasteiger partial charge in [-0.1, -0.05) is 0 Å². The van der Waals surface area contributed by atoms with Crippen molar-refractivity contribution >= 4 is 21.8 Å². The van der Waals surface area contributed by atoms with Crippen LogP contribution in [0.4, 0.5) is 0 Å². The second-order valence-electron chi connectivity index (χ2n) is 5.65. The molecule has 1 N–H and O–H groups in total. The summed E-state index contributed by atoms with van der Waals surface area (Å²) in [5.41, 5.74) is -0.449. The highest BCUT2D eigenvalue weighted by molar-refractivity contribution is 7.91. The van der Waals surface area contributed by atoms with Crippen LogP contribution in [0.1, 0.15) is 42.6 Å². The van der Waals surface area contributed by atoms with E-state index in [0.717, 1.165) is 0 Å². The van der Waals surface area contributed by atoms with Gasteiger partial charge in [-0.25, -0.2) is 13.2 Å². The average molecular weight is 318 g/mol. The molecular formula is C13H18O7S. The van der Waals surface area contributed by atoms with Gasteiger partial charge in [-0.15, -0.1) is 0 Å². The monoisotopic (exact) mass is 318 g/mol. The smallest absolute Gasteiger partial charge is 0.372 e. The molecule has 1 aromatic heterocycles. The predicted octanol–water partition coefficient (Wildman–Crippen LogP) is 1.54. The van der Waals surface area contributed by atoms with Gasteiger partial charge in [-0.3, -0.25) is 4.79 Å². The van der Waals surface area contributed by atoms with E-state index >= 15 is 0 Å². The van der Waals surface area contributed by atoms with Gasteiger partial charge in [-0.2, -0.15) is 0 Å². The zero-order chi connectivity index (χ0) is 16.4. The van der Waals surface area contributed by atoms with E-state index < -0.39 is 38.9 Å². The van der Waals surface area contributed by atoms with Crippen LogP contribution in [0, 0.1) is 6.92 Å². The summed E-state index contributed by atoms with van der Waals surface area (Å²) in [7, 11) is -3.80. The quantitative estimate of drug-likeness (QED) is 0.820. The van der Waals surface area contributed by atoms with Crippen LogP contribution in [0.3, 0.4) is 0 Å². The van der Waals surface area contributed by atoms with E-state index in [4.69, 9.17) is 14.3 Å².